The van der Waals surface area contributed by atoms with Crippen LogP contribution in [-0.2, 0) is 14.3 Å². The molecule has 0 spiro atoms. The van der Waals surface area contributed by atoms with Crippen molar-refractivity contribution in [1.82, 2.24) is 10.2 Å². The minimum atomic E-state index is -0.196. The summed E-state index contributed by atoms with van der Waals surface area (Å²) in [6, 6.07) is 0.273. The molecule has 0 bridgehead atoms. The molecule has 0 aromatic rings. The molecule has 0 aromatic carbocycles. The summed E-state index contributed by atoms with van der Waals surface area (Å²) in [4.78, 5) is 24.8. The lowest BCUT2D eigenvalue weighted by molar-refractivity contribution is -0.143. The zero-order chi connectivity index (χ0) is 14.4. The van der Waals surface area contributed by atoms with E-state index in [0.29, 0.717) is 18.9 Å². The van der Waals surface area contributed by atoms with E-state index >= 15 is 0 Å². The number of carbonyl (C=O) groups excluding carboxylic acids is 2. The molecule has 5 heteroatoms. The van der Waals surface area contributed by atoms with Crippen LogP contribution in [0.5, 0.6) is 0 Å². The fraction of sp³-hybridized carbons (Fsp3) is 0.857. The van der Waals surface area contributed by atoms with Crippen LogP contribution in [0, 0.1) is 11.8 Å². The zero-order valence-electron chi connectivity index (χ0n) is 12.4. The number of piperidine rings is 1. The number of nitrogens with zero attached hydrogens (tertiary/aromatic N) is 1. The van der Waals surface area contributed by atoms with Crippen molar-refractivity contribution >= 4 is 11.9 Å². The van der Waals surface area contributed by atoms with Gasteiger partial charge < -0.3 is 15.0 Å². The third-order valence-electron chi connectivity index (χ3n) is 3.48. The number of carbonyl (C=O) groups is 2. The highest BCUT2D eigenvalue weighted by atomic mass is 16.5. The molecule has 5 nitrogen and oxygen atoms in total. The Kier molecular flexibility index (Phi) is 6.28. The van der Waals surface area contributed by atoms with Crippen LogP contribution in [0.1, 0.15) is 33.6 Å². The topological polar surface area (TPSA) is 58.6 Å². The Hall–Kier alpha value is -1.10. The molecule has 2 atom stereocenters. The van der Waals surface area contributed by atoms with Crippen LogP contribution in [0.15, 0.2) is 0 Å². The summed E-state index contributed by atoms with van der Waals surface area (Å²) < 4.78 is 4.72. The summed E-state index contributed by atoms with van der Waals surface area (Å²) in [7, 11) is 1.41. The second kappa shape index (κ2) is 7.48. The number of likely N-dealkylation sites (tertiary alicyclic amines) is 1. The predicted octanol–water partition coefficient (Wildman–Crippen LogP) is 1.03. The van der Waals surface area contributed by atoms with E-state index in [-0.39, 0.29) is 23.8 Å². The Morgan fingerprint density at radius 2 is 2.05 bits per heavy atom. The first-order chi connectivity index (χ1) is 8.92. The summed E-state index contributed by atoms with van der Waals surface area (Å²) in [6.45, 7) is 8.22. The number of esters is 1. The number of ether oxygens (including phenoxy) is 1. The van der Waals surface area contributed by atoms with E-state index in [4.69, 9.17) is 4.74 Å². The van der Waals surface area contributed by atoms with Gasteiger partial charge in [0.1, 0.15) is 0 Å². The van der Waals surface area contributed by atoms with E-state index in [9.17, 15) is 9.59 Å². The van der Waals surface area contributed by atoms with Gasteiger partial charge in [-0.25, -0.2) is 0 Å². The second-order valence-corrected chi connectivity index (χ2v) is 5.81. The molecule has 1 saturated heterocycles. The van der Waals surface area contributed by atoms with Gasteiger partial charge in [-0.2, -0.15) is 0 Å². The lowest BCUT2D eigenvalue weighted by Gasteiger charge is -2.37. The highest BCUT2D eigenvalue weighted by Gasteiger charge is 2.29. The third kappa shape index (κ3) is 5.59. The van der Waals surface area contributed by atoms with E-state index in [1.807, 2.05) is 4.90 Å². The molecule has 1 heterocycles. The molecule has 1 amide bonds. The number of hydrogen-bond acceptors (Lipinski definition) is 4. The maximum atomic E-state index is 11.6. The number of hydrogen-bond donors (Lipinski definition) is 1. The van der Waals surface area contributed by atoms with Gasteiger partial charge in [-0.05, 0) is 24.8 Å². The molecule has 0 saturated carbocycles. The quantitative estimate of drug-likeness (QED) is 0.758. The molecule has 19 heavy (non-hydrogen) atoms. The van der Waals surface area contributed by atoms with Crippen LogP contribution in [-0.4, -0.2) is 49.6 Å². The Morgan fingerprint density at radius 3 is 2.58 bits per heavy atom. The minimum Gasteiger partial charge on any atom is -0.469 e. The Morgan fingerprint density at radius 1 is 1.37 bits per heavy atom. The van der Waals surface area contributed by atoms with E-state index in [1.54, 1.807) is 6.92 Å². The monoisotopic (exact) mass is 270 g/mol. The second-order valence-electron chi connectivity index (χ2n) is 5.81. The fourth-order valence-corrected chi connectivity index (χ4v) is 2.48. The molecule has 1 rings (SSSR count). The smallest absolute Gasteiger partial charge is 0.305 e. The average Bonchev–Trinajstić information content (AvgIpc) is 2.35. The summed E-state index contributed by atoms with van der Waals surface area (Å²) >= 11 is 0. The van der Waals surface area contributed by atoms with Crippen LogP contribution < -0.4 is 5.32 Å². The van der Waals surface area contributed by atoms with Crippen molar-refractivity contribution in [3.05, 3.63) is 0 Å². The standard InChI is InChI=1S/C14H26N2O3/c1-10(2)7-15-13-5-12(6-14(18)19-4)8-16(9-13)11(3)17/h10,12-13,15H,5-9H2,1-4H3. The number of amides is 1. The molecule has 0 aromatic heterocycles. The number of nitrogens with one attached hydrogen (secondary N) is 1. The molecule has 1 fully saturated rings. The maximum absolute atomic E-state index is 11.6. The van der Waals surface area contributed by atoms with Crippen LogP contribution in [0.3, 0.4) is 0 Å². The minimum absolute atomic E-state index is 0.0749. The molecule has 1 aliphatic rings. The largest absolute Gasteiger partial charge is 0.469 e. The van der Waals surface area contributed by atoms with Crippen LogP contribution in [0.4, 0.5) is 0 Å². The van der Waals surface area contributed by atoms with E-state index in [2.05, 4.69) is 19.2 Å². The number of rotatable bonds is 5. The number of methoxy groups -OCH3 is 1. The highest BCUT2D eigenvalue weighted by Crippen LogP contribution is 2.21. The van der Waals surface area contributed by atoms with Gasteiger partial charge in [0.15, 0.2) is 0 Å². The third-order valence-corrected chi connectivity index (χ3v) is 3.48. The van der Waals surface area contributed by atoms with E-state index in [1.165, 1.54) is 7.11 Å². The fourth-order valence-electron chi connectivity index (χ4n) is 2.48. The lowest BCUT2D eigenvalue weighted by atomic mass is 9.91. The van der Waals surface area contributed by atoms with Crippen molar-refractivity contribution in [3.63, 3.8) is 0 Å². The van der Waals surface area contributed by atoms with Gasteiger partial charge in [0.2, 0.25) is 5.91 Å². The van der Waals surface area contributed by atoms with E-state index in [0.717, 1.165) is 19.5 Å². The first-order valence-electron chi connectivity index (χ1n) is 6.98. The van der Waals surface area contributed by atoms with Gasteiger partial charge in [-0.1, -0.05) is 13.8 Å². The van der Waals surface area contributed by atoms with Crippen molar-refractivity contribution in [2.45, 2.75) is 39.7 Å². The van der Waals surface area contributed by atoms with Gasteiger partial charge >= 0.3 is 5.97 Å². The first kappa shape index (κ1) is 16.0. The van der Waals surface area contributed by atoms with Gasteiger partial charge in [-0.3, -0.25) is 9.59 Å². The maximum Gasteiger partial charge on any atom is 0.305 e. The predicted molar refractivity (Wildman–Crippen MR) is 73.6 cm³/mol. The van der Waals surface area contributed by atoms with Crippen molar-refractivity contribution in [2.24, 2.45) is 11.8 Å². The Balaban J connectivity index is 2.57. The molecule has 0 radical (unpaired) electrons. The van der Waals surface area contributed by atoms with Gasteiger partial charge in [-0.15, -0.1) is 0 Å². The van der Waals surface area contributed by atoms with Crippen LogP contribution in [0.25, 0.3) is 0 Å². The summed E-state index contributed by atoms with van der Waals surface area (Å²) in [5, 5.41) is 3.48. The molecule has 0 aliphatic carbocycles. The van der Waals surface area contributed by atoms with Gasteiger partial charge in [0.25, 0.3) is 0 Å². The summed E-state index contributed by atoms with van der Waals surface area (Å²) in [5.74, 6) is 0.644. The molecule has 2 unspecified atom stereocenters. The van der Waals surface area contributed by atoms with Crippen LogP contribution in [0.2, 0.25) is 0 Å². The van der Waals surface area contributed by atoms with E-state index < -0.39 is 0 Å². The molecular formula is C14H26N2O3. The van der Waals surface area contributed by atoms with Crippen molar-refractivity contribution in [3.8, 4) is 0 Å². The SMILES string of the molecule is COC(=O)CC1CC(NCC(C)C)CN(C(C)=O)C1. The zero-order valence-corrected chi connectivity index (χ0v) is 12.4. The molecular weight excluding hydrogens is 244 g/mol. The first-order valence-corrected chi connectivity index (χ1v) is 6.98. The summed E-state index contributed by atoms with van der Waals surface area (Å²) in [6.07, 6.45) is 1.31. The Labute approximate surface area is 115 Å². The molecule has 1 N–H and O–H groups in total. The highest BCUT2D eigenvalue weighted by molar-refractivity contribution is 5.74. The Bertz CT molecular complexity index is 318. The van der Waals surface area contributed by atoms with Crippen molar-refractivity contribution in [2.75, 3.05) is 26.7 Å². The van der Waals surface area contributed by atoms with Crippen LogP contribution >= 0.6 is 0 Å². The van der Waals surface area contributed by atoms with Gasteiger partial charge in [0.05, 0.1) is 13.5 Å². The average molecular weight is 270 g/mol. The normalized spacial score (nSPS) is 23.5. The summed E-state index contributed by atoms with van der Waals surface area (Å²) in [5.41, 5.74) is 0. The van der Waals surface area contributed by atoms with Crippen molar-refractivity contribution in [1.29, 1.82) is 0 Å². The van der Waals surface area contributed by atoms with Gasteiger partial charge in [0, 0.05) is 26.1 Å². The lowest BCUT2D eigenvalue weighted by Crippen LogP contribution is -2.51. The molecule has 1 aliphatic heterocycles. The van der Waals surface area contributed by atoms with Crippen molar-refractivity contribution < 1.29 is 14.3 Å². The molecule has 110 valence electrons.